The number of piperidine rings is 3. The molecule has 13 heavy (non-hydrogen) atoms. The van der Waals surface area contributed by atoms with Crippen molar-refractivity contribution < 1.29 is 0 Å². The van der Waals surface area contributed by atoms with Crippen molar-refractivity contribution in [1.82, 2.24) is 4.90 Å². The van der Waals surface area contributed by atoms with E-state index in [2.05, 4.69) is 52.7 Å². The molecule has 1 saturated carbocycles. The summed E-state index contributed by atoms with van der Waals surface area (Å²) >= 11 is 11.8. The van der Waals surface area contributed by atoms with Gasteiger partial charge in [-0.15, -0.1) is 0 Å². The molecule has 0 aromatic heterocycles. The summed E-state index contributed by atoms with van der Waals surface area (Å²) in [6.45, 7) is 3.69. The van der Waals surface area contributed by atoms with Gasteiger partial charge in [-0.2, -0.15) is 0 Å². The lowest BCUT2D eigenvalue weighted by atomic mass is 9.68. The number of alkyl halides is 3. The Bertz CT molecular complexity index is 217. The minimum Gasteiger partial charge on any atom is -0.299 e. The fraction of sp³-hybridized carbons (Fsp3) is 1.00. The molecule has 0 atom stereocenters. The smallest absolute Gasteiger partial charge is 0.0412 e. The lowest BCUT2D eigenvalue weighted by Crippen LogP contribution is -2.70. The van der Waals surface area contributed by atoms with E-state index >= 15 is 0 Å². The molecule has 4 fully saturated rings. The zero-order valence-electron chi connectivity index (χ0n) is 7.32. The average Bonchev–Trinajstić information content (AvgIpc) is 1.71. The third kappa shape index (κ3) is 1.47. The Hall–Kier alpha value is 1.40. The minimum atomic E-state index is 0.370. The molecule has 0 N–H and O–H groups in total. The average molecular weight is 374 g/mol. The molecule has 4 bridgehead atoms. The Balaban J connectivity index is 2.03. The van der Waals surface area contributed by atoms with Gasteiger partial charge in [-0.1, -0.05) is 47.8 Å². The van der Waals surface area contributed by atoms with Gasteiger partial charge in [-0.05, 0) is 19.3 Å². The first kappa shape index (κ1) is 9.61. The number of hydrogen-bond donors (Lipinski definition) is 0. The van der Waals surface area contributed by atoms with Crippen molar-refractivity contribution in [3.05, 3.63) is 0 Å². The van der Waals surface area contributed by atoms with Crippen LogP contribution in [0.1, 0.15) is 19.3 Å². The van der Waals surface area contributed by atoms with E-state index in [0.29, 0.717) is 13.0 Å². The zero-order valence-corrected chi connectivity index (χ0v) is 12.1. The molecule has 0 aromatic rings. The molecule has 3 aliphatic heterocycles. The summed E-state index contributed by atoms with van der Waals surface area (Å²) < 4.78 is 1.11. The summed E-state index contributed by atoms with van der Waals surface area (Å²) in [6, 6.07) is 0. The van der Waals surface area contributed by atoms with Gasteiger partial charge in [0, 0.05) is 32.6 Å². The molecule has 3 heterocycles. The highest BCUT2D eigenvalue weighted by Gasteiger charge is 2.60. The van der Waals surface area contributed by atoms with Crippen LogP contribution in [-0.4, -0.2) is 37.5 Å². The van der Waals surface area contributed by atoms with Crippen molar-refractivity contribution in [2.24, 2.45) is 0 Å². The Labute approximate surface area is 104 Å². The van der Waals surface area contributed by atoms with Gasteiger partial charge in [-0.25, -0.2) is 0 Å². The second-order valence-electron chi connectivity index (χ2n) is 5.13. The van der Waals surface area contributed by atoms with Gasteiger partial charge in [0.1, 0.15) is 0 Å². The zero-order chi connectivity index (χ0) is 9.32. The van der Waals surface area contributed by atoms with Crippen molar-refractivity contribution in [2.45, 2.75) is 32.2 Å². The lowest BCUT2D eigenvalue weighted by Gasteiger charge is -2.62. The van der Waals surface area contributed by atoms with E-state index in [1.54, 1.807) is 0 Å². The maximum Gasteiger partial charge on any atom is 0.0412 e. The second-order valence-corrected chi connectivity index (χ2v) is 10.2. The Morgan fingerprint density at radius 2 is 1.00 bits per heavy atom. The standard InChI is InChI=1S/C9H12Br3N/c10-7-1-8(11)3-9(12,2-7)6-13(4-7)5-8/h1-6H2. The van der Waals surface area contributed by atoms with Crippen molar-refractivity contribution in [3.63, 3.8) is 0 Å². The van der Waals surface area contributed by atoms with Crippen LogP contribution in [-0.2, 0) is 0 Å². The van der Waals surface area contributed by atoms with E-state index in [-0.39, 0.29) is 0 Å². The van der Waals surface area contributed by atoms with Crippen LogP contribution < -0.4 is 0 Å². The largest absolute Gasteiger partial charge is 0.299 e. The first-order valence-electron chi connectivity index (χ1n) is 4.70. The topological polar surface area (TPSA) is 3.24 Å². The molecule has 4 aliphatic rings. The van der Waals surface area contributed by atoms with Crippen molar-refractivity contribution in [2.75, 3.05) is 19.6 Å². The lowest BCUT2D eigenvalue weighted by molar-refractivity contribution is 0.0409. The molecule has 0 unspecified atom stereocenters. The van der Waals surface area contributed by atoms with Crippen LogP contribution >= 0.6 is 47.8 Å². The molecule has 1 aliphatic carbocycles. The third-order valence-corrected chi connectivity index (χ3v) is 5.86. The van der Waals surface area contributed by atoms with Crippen molar-refractivity contribution >= 4 is 47.8 Å². The van der Waals surface area contributed by atoms with Crippen molar-refractivity contribution in [1.29, 1.82) is 0 Å². The third-order valence-electron chi connectivity index (χ3n) is 3.42. The van der Waals surface area contributed by atoms with E-state index in [9.17, 15) is 0 Å². The molecule has 4 heteroatoms. The van der Waals surface area contributed by atoms with Gasteiger partial charge in [-0.3, -0.25) is 4.90 Å². The van der Waals surface area contributed by atoms with Crippen LogP contribution in [0.4, 0.5) is 0 Å². The van der Waals surface area contributed by atoms with Crippen molar-refractivity contribution in [3.8, 4) is 0 Å². The van der Waals surface area contributed by atoms with Gasteiger partial charge >= 0.3 is 0 Å². The van der Waals surface area contributed by atoms with Crippen LogP contribution in [0.3, 0.4) is 0 Å². The highest BCUT2D eigenvalue weighted by molar-refractivity contribution is 9.11. The Kier molecular flexibility index (Phi) is 1.89. The summed E-state index contributed by atoms with van der Waals surface area (Å²) in [5.74, 6) is 0. The van der Waals surface area contributed by atoms with Crippen LogP contribution in [0.15, 0.2) is 0 Å². The Morgan fingerprint density at radius 1 is 0.692 bits per heavy atom. The number of nitrogens with zero attached hydrogens (tertiary/aromatic N) is 1. The summed E-state index contributed by atoms with van der Waals surface area (Å²) in [6.07, 6.45) is 3.84. The summed E-state index contributed by atoms with van der Waals surface area (Å²) in [7, 11) is 0. The van der Waals surface area contributed by atoms with E-state index in [1.165, 1.54) is 38.9 Å². The van der Waals surface area contributed by atoms with E-state index in [4.69, 9.17) is 0 Å². The first-order chi connectivity index (χ1) is 5.91. The maximum absolute atomic E-state index is 3.93. The highest BCUT2D eigenvalue weighted by Crippen LogP contribution is 2.59. The summed E-state index contributed by atoms with van der Waals surface area (Å²) in [4.78, 5) is 2.58. The fourth-order valence-corrected chi connectivity index (χ4v) is 9.01. The fourth-order valence-electron chi connectivity index (χ4n) is 3.60. The molecular formula is C9H12Br3N. The van der Waals surface area contributed by atoms with E-state index in [1.807, 2.05) is 0 Å². The minimum absolute atomic E-state index is 0.370. The Morgan fingerprint density at radius 3 is 1.23 bits per heavy atom. The highest BCUT2D eigenvalue weighted by atomic mass is 79.9. The van der Waals surface area contributed by atoms with E-state index < -0.39 is 0 Å². The van der Waals surface area contributed by atoms with Crippen LogP contribution in [0.5, 0.6) is 0 Å². The molecule has 74 valence electrons. The van der Waals surface area contributed by atoms with Gasteiger partial charge in [0.25, 0.3) is 0 Å². The van der Waals surface area contributed by atoms with Crippen LogP contribution in [0.2, 0.25) is 0 Å². The first-order valence-corrected chi connectivity index (χ1v) is 7.08. The number of hydrogen-bond acceptors (Lipinski definition) is 1. The predicted octanol–water partition coefficient (Wildman–Crippen LogP) is 2.90. The number of rotatable bonds is 0. The van der Waals surface area contributed by atoms with Gasteiger partial charge in [0.2, 0.25) is 0 Å². The molecule has 4 rings (SSSR count). The molecule has 0 aromatic carbocycles. The van der Waals surface area contributed by atoms with Gasteiger partial charge in [0.15, 0.2) is 0 Å². The summed E-state index contributed by atoms with van der Waals surface area (Å²) in [5.41, 5.74) is 0. The van der Waals surface area contributed by atoms with Crippen LogP contribution in [0, 0.1) is 0 Å². The predicted molar refractivity (Wildman–Crippen MR) is 65.3 cm³/mol. The quantitative estimate of drug-likeness (QED) is 0.590. The molecular weight excluding hydrogens is 362 g/mol. The van der Waals surface area contributed by atoms with Crippen LogP contribution in [0.25, 0.3) is 0 Å². The van der Waals surface area contributed by atoms with Gasteiger partial charge in [0.05, 0.1) is 0 Å². The summed E-state index contributed by atoms with van der Waals surface area (Å²) in [5, 5.41) is 0. The molecule has 0 amide bonds. The molecule has 3 saturated heterocycles. The normalized spacial score (nSPS) is 64.4. The van der Waals surface area contributed by atoms with Gasteiger partial charge < -0.3 is 0 Å². The maximum atomic E-state index is 3.93. The number of halogens is 3. The van der Waals surface area contributed by atoms with E-state index in [0.717, 1.165) is 0 Å². The SMILES string of the molecule is BrC12CN3CC(Br)(C1)CC(Br)(C3)C2. The second kappa shape index (κ2) is 2.55. The monoisotopic (exact) mass is 371 g/mol. The molecule has 1 nitrogen and oxygen atoms in total. The molecule has 0 radical (unpaired) electrons. The molecule has 0 spiro atoms.